The summed E-state index contributed by atoms with van der Waals surface area (Å²) in [6, 6.07) is 6.85. The Morgan fingerprint density at radius 3 is 2.43 bits per heavy atom. The van der Waals surface area contributed by atoms with Crippen LogP contribution in [0.5, 0.6) is 5.75 Å². The van der Waals surface area contributed by atoms with Gasteiger partial charge >= 0.3 is 5.97 Å². The fraction of sp³-hybridized carbons (Fsp3) is 0.467. The van der Waals surface area contributed by atoms with Gasteiger partial charge in [0.25, 0.3) is 5.91 Å². The zero-order valence-corrected chi connectivity index (χ0v) is 12.4. The van der Waals surface area contributed by atoms with Crippen LogP contribution in [-0.2, 0) is 9.53 Å². The van der Waals surface area contributed by atoms with Crippen LogP contribution in [-0.4, -0.2) is 55.8 Å². The lowest BCUT2D eigenvalue weighted by atomic mass is 10.2. The van der Waals surface area contributed by atoms with Crippen molar-refractivity contribution in [2.75, 3.05) is 33.9 Å². The molecule has 0 bridgehead atoms. The predicted octanol–water partition coefficient (Wildman–Crippen LogP) is 1.65. The van der Waals surface area contributed by atoms with Gasteiger partial charge in [0.05, 0.1) is 6.61 Å². The van der Waals surface area contributed by atoms with Crippen LogP contribution >= 0.6 is 0 Å². The lowest BCUT2D eigenvalue weighted by Gasteiger charge is -2.16. The topological polar surface area (TPSA) is 76.1 Å². The van der Waals surface area contributed by atoms with E-state index in [9.17, 15) is 9.59 Å². The third-order valence-electron chi connectivity index (χ3n) is 2.89. The largest absolute Gasteiger partial charge is 0.491 e. The second-order valence-corrected chi connectivity index (χ2v) is 4.59. The average molecular weight is 295 g/mol. The standard InChI is InChI=1S/C15H21NO5/c1-16(9-3-4-14(17)18)15(19)12-5-7-13(8-6-12)21-11-10-20-2/h5-8H,3-4,9-11H2,1-2H3,(H,17,18). The van der Waals surface area contributed by atoms with Crippen molar-refractivity contribution in [3.63, 3.8) is 0 Å². The Hall–Kier alpha value is -2.08. The molecule has 1 amide bonds. The van der Waals surface area contributed by atoms with E-state index in [0.717, 1.165) is 0 Å². The Labute approximate surface area is 124 Å². The minimum Gasteiger partial charge on any atom is -0.491 e. The van der Waals surface area contributed by atoms with Crippen molar-refractivity contribution in [2.24, 2.45) is 0 Å². The minimum atomic E-state index is -0.853. The van der Waals surface area contributed by atoms with Crippen LogP contribution in [0, 0.1) is 0 Å². The zero-order chi connectivity index (χ0) is 15.7. The molecule has 1 aromatic rings. The highest BCUT2D eigenvalue weighted by atomic mass is 16.5. The molecule has 116 valence electrons. The molecule has 1 N–H and O–H groups in total. The zero-order valence-electron chi connectivity index (χ0n) is 12.4. The summed E-state index contributed by atoms with van der Waals surface area (Å²) in [6.45, 7) is 1.38. The summed E-state index contributed by atoms with van der Waals surface area (Å²) in [5.41, 5.74) is 0.548. The maximum absolute atomic E-state index is 12.1. The highest BCUT2D eigenvalue weighted by Gasteiger charge is 2.11. The van der Waals surface area contributed by atoms with Crippen molar-refractivity contribution >= 4 is 11.9 Å². The number of hydrogen-bond acceptors (Lipinski definition) is 4. The molecule has 6 nitrogen and oxygen atoms in total. The van der Waals surface area contributed by atoms with Crippen molar-refractivity contribution < 1.29 is 24.2 Å². The molecule has 0 radical (unpaired) electrons. The molecular weight excluding hydrogens is 274 g/mol. The van der Waals surface area contributed by atoms with Gasteiger partial charge in [-0.1, -0.05) is 0 Å². The van der Waals surface area contributed by atoms with Gasteiger partial charge in [0.1, 0.15) is 12.4 Å². The number of carbonyl (C=O) groups is 2. The summed E-state index contributed by atoms with van der Waals surface area (Å²) in [7, 11) is 3.26. The number of methoxy groups -OCH3 is 1. The molecule has 1 rings (SSSR count). The van der Waals surface area contributed by atoms with Crippen molar-refractivity contribution in [2.45, 2.75) is 12.8 Å². The van der Waals surface area contributed by atoms with Crippen LogP contribution in [0.2, 0.25) is 0 Å². The predicted molar refractivity (Wildman–Crippen MR) is 77.6 cm³/mol. The van der Waals surface area contributed by atoms with Crippen LogP contribution in [0.25, 0.3) is 0 Å². The molecule has 0 aliphatic carbocycles. The smallest absolute Gasteiger partial charge is 0.303 e. The average Bonchev–Trinajstić information content (AvgIpc) is 2.47. The number of carboxylic acid groups (broad SMARTS) is 1. The van der Waals surface area contributed by atoms with Gasteiger partial charge in [0.15, 0.2) is 0 Å². The molecule has 1 aromatic carbocycles. The quantitative estimate of drug-likeness (QED) is 0.701. The second kappa shape index (κ2) is 8.97. The summed E-state index contributed by atoms with van der Waals surface area (Å²) < 4.78 is 10.3. The molecule has 0 heterocycles. The maximum Gasteiger partial charge on any atom is 0.303 e. The number of aliphatic carboxylic acids is 1. The van der Waals surface area contributed by atoms with Gasteiger partial charge < -0.3 is 19.5 Å². The Morgan fingerprint density at radius 2 is 1.86 bits per heavy atom. The Kier molecular flexibility index (Phi) is 7.25. The molecule has 21 heavy (non-hydrogen) atoms. The van der Waals surface area contributed by atoms with Crippen molar-refractivity contribution in [3.8, 4) is 5.75 Å². The van der Waals surface area contributed by atoms with Gasteiger partial charge in [0.2, 0.25) is 0 Å². The van der Waals surface area contributed by atoms with Gasteiger partial charge in [-0.3, -0.25) is 9.59 Å². The SMILES string of the molecule is COCCOc1ccc(C(=O)N(C)CCCC(=O)O)cc1. The highest BCUT2D eigenvalue weighted by molar-refractivity contribution is 5.94. The molecule has 6 heteroatoms. The molecule has 0 saturated heterocycles. The lowest BCUT2D eigenvalue weighted by molar-refractivity contribution is -0.137. The summed E-state index contributed by atoms with van der Waals surface area (Å²) >= 11 is 0. The Bertz CT molecular complexity index is 458. The van der Waals surface area contributed by atoms with Gasteiger partial charge in [-0.2, -0.15) is 0 Å². The fourth-order valence-electron chi connectivity index (χ4n) is 1.73. The number of benzene rings is 1. The number of carbonyl (C=O) groups excluding carboxylic acids is 1. The monoisotopic (exact) mass is 295 g/mol. The van der Waals surface area contributed by atoms with E-state index < -0.39 is 5.97 Å². The van der Waals surface area contributed by atoms with Crippen molar-refractivity contribution in [3.05, 3.63) is 29.8 Å². The molecule has 0 aromatic heterocycles. The van der Waals surface area contributed by atoms with Crippen molar-refractivity contribution in [1.29, 1.82) is 0 Å². The number of hydrogen-bond donors (Lipinski definition) is 1. The van der Waals surface area contributed by atoms with Gasteiger partial charge in [-0.25, -0.2) is 0 Å². The third kappa shape index (κ3) is 6.27. The number of ether oxygens (including phenoxy) is 2. The molecule has 0 unspecified atom stereocenters. The first-order valence-corrected chi connectivity index (χ1v) is 6.73. The van der Waals surface area contributed by atoms with Gasteiger partial charge in [0, 0.05) is 32.7 Å². The molecule has 0 atom stereocenters. The van der Waals surface area contributed by atoms with Crippen LogP contribution in [0.4, 0.5) is 0 Å². The molecule has 0 aliphatic heterocycles. The first kappa shape index (κ1) is 17.0. The molecule has 0 aliphatic rings. The lowest BCUT2D eigenvalue weighted by Crippen LogP contribution is -2.28. The molecule has 0 spiro atoms. The summed E-state index contributed by atoms with van der Waals surface area (Å²) in [5.74, 6) is -0.311. The van der Waals surface area contributed by atoms with Gasteiger partial charge in [-0.05, 0) is 30.7 Å². The molecule has 0 saturated carbocycles. The fourth-order valence-corrected chi connectivity index (χ4v) is 1.73. The van der Waals surface area contributed by atoms with E-state index in [0.29, 0.717) is 37.5 Å². The van der Waals surface area contributed by atoms with E-state index in [4.69, 9.17) is 14.6 Å². The summed E-state index contributed by atoms with van der Waals surface area (Å²) in [6.07, 6.45) is 0.500. The first-order valence-electron chi connectivity index (χ1n) is 6.73. The van der Waals surface area contributed by atoms with E-state index >= 15 is 0 Å². The summed E-state index contributed by atoms with van der Waals surface area (Å²) in [5, 5.41) is 8.57. The number of amides is 1. The van der Waals surface area contributed by atoms with Crippen molar-refractivity contribution in [1.82, 2.24) is 4.90 Å². The Morgan fingerprint density at radius 1 is 1.19 bits per heavy atom. The molecular formula is C15H21NO5. The summed E-state index contributed by atoms with van der Waals surface area (Å²) in [4.78, 5) is 24.1. The highest BCUT2D eigenvalue weighted by Crippen LogP contribution is 2.13. The van der Waals surface area contributed by atoms with Crippen LogP contribution in [0.1, 0.15) is 23.2 Å². The normalized spacial score (nSPS) is 10.2. The van der Waals surface area contributed by atoms with Crippen LogP contribution in [0.3, 0.4) is 0 Å². The Balaban J connectivity index is 2.48. The number of nitrogens with zero attached hydrogens (tertiary/aromatic N) is 1. The third-order valence-corrected chi connectivity index (χ3v) is 2.89. The second-order valence-electron chi connectivity index (χ2n) is 4.59. The first-order chi connectivity index (χ1) is 10.0. The minimum absolute atomic E-state index is 0.0594. The van der Waals surface area contributed by atoms with Gasteiger partial charge in [-0.15, -0.1) is 0 Å². The number of carboxylic acids is 1. The van der Waals surface area contributed by atoms with E-state index in [2.05, 4.69) is 0 Å². The van der Waals surface area contributed by atoms with Crippen LogP contribution < -0.4 is 4.74 Å². The maximum atomic E-state index is 12.1. The number of rotatable bonds is 9. The van der Waals surface area contributed by atoms with E-state index in [-0.39, 0.29) is 12.3 Å². The van der Waals surface area contributed by atoms with Crippen LogP contribution in [0.15, 0.2) is 24.3 Å². The van der Waals surface area contributed by atoms with E-state index in [1.807, 2.05) is 0 Å². The van der Waals surface area contributed by atoms with E-state index in [1.54, 1.807) is 38.4 Å². The molecule has 0 fully saturated rings. The van der Waals surface area contributed by atoms with E-state index in [1.165, 1.54) is 4.90 Å².